The van der Waals surface area contributed by atoms with E-state index in [1.807, 2.05) is 30.3 Å². The summed E-state index contributed by atoms with van der Waals surface area (Å²) < 4.78 is 14.6. The Kier molecular flexibility index (Phi) is 6.00. The summed E-state index contributed by atoms with van der Waals surface area (Å²) in [6.45, 7) is 5.68. The van der Waals surface area contributed by atoms with E-state index in [1.165, 1.54) is 36.7 Å². The summed E-state index contributed by atoms with van der Waals surface area (Å²) in [6, 6.07) is 14.5. The van der Waals surface area contributed by atoms with Crippen LogP contribution in [0.15, 0.2) is 48.5 Å². The average Bonchev–Trinajstić information content (AvgIpc) is 3.43. The molecule has 1 unspecified atom stereocenters. The molecule has 0 bridgehead atoms. The minimum absolute atomic E-state index is 0.148. The molecule has 0 saturated carbocycles. The smallest absolute Gasteiger partial charge is 0.256 e. The Hall–Kier alpha value is -3.22. The number of aryl methyl sites for hydroxylation is 1. The Morgan fingerprint density at radius 2 is 1.89 bits per heavy atom. The first kappa shape index (κ1) is 22.3. The Labute approximate surface area is 205 Å². The fraction of sp³-hybridized carbons (Fsp3) is 0.345. The van der Waals surface area contributed by atoms with Crippen molar-refractivity contribution in [2.24, 2.45) is 5.92 Å². The average molecular weight is 471 g/mol. The van der Waals surface area contributed by atoms with Gasteiger partial charge in [-0.05, 0) is 73.5 Å². The Bertz CT molecular complexity index is 1290. The molecule has 180 valence electrons. The molecule has 6 heteroatoms. The number of benzene rings is 2. The molecule has 1 aromatic heterocycles. The molecule has 2 aromatic carbocycles. The van der Waals surface area contributed by atoms with Crippen LogP contribution in [-0.2, 0) is 17.6 Å². The number of aromatic amines is 1. The van der Waals surface area contributed by atoms with Crippen LogP contribution < -0.4 is 10.6 Å². The summed E-state index contributed by atoms with van der Waals surface area (Å²) in [6.07, 6.45) is 6.51. The second-order valence-corrected chi connectivity index (χ2v) is 9.94. The lowest BCUT2D eigenvalue weighted by Crippen LogP contribution is -2.44. The lowest BCUT2D eigenvalue weighted by Gasteiger charge is -2.30. The van der Waals surface area contributed by atoms with Crippen LogP contribution in [0.25, 0.3) is 22.8 Å². The van der Waals surface area contributed by atoms with Crippen molar-refractivity contribution in [1.29, 1.82) is 0 Å². The number of piperazine rings is 1. The van der Waals surface area contributed by atoms with Crippen molar-refractivity contribution in [3.63, 3.8) is 0 Å². The van der Waals surface area contributed by atoms with Crippen molar-refractivity contribution in [3.05, 3.63) is 76.9 Å². The number of carbonyl (C=O) groups excluding carboxylic acids is 1. The minimum Gasteiger partial charge on any atom is -0.359 e. The molecule has 6 rings (SSSR count). The Balaban J connectivity index is 1.25. The number of H-pyrrole nitrogens is 1. The molecule has 3 N–H and O–H groups in total. The van der Waals surface area contributed by atoms with E-state index < -0.39 is 0 Å². The van der Waals surface area contributed by atoms with Gasteiger partial charge in [0.2, 0.25) is 0 Å². The molecule has 1 atom stereocenters. The molecule has 0 radical (unpaired) electrons. The normalized spacial score (nSPS) is 21.1. The number of hydrogen-bond donors (Lipinski definition) is 3. The molecule has 2 aliphatic heterocycles. The molecular formula is C29H31FN4O. The number of rotatable bonds is 5. The van der Waals surface area contributed by atoms with Gasteiger partial charge in [0, 0.05) is 54.4 Å². The van der Waals surface area contributed by atoms with E-state index >= 15 is 0 Å². The molecule has 1 saturated heterocycles. The zero-order valence-electron chi connectivity index (χ0n) is 19.9. The zero-order chi connectivity index (χ0) is 23.8. The maximum atomic E-state index is 14.6. The zero-order valence-corrected chi connectivity index (χ0v) is 19.9. The quantitative estimate of drug-likeness (QED) is 0.473. The van der Waals surface area contributed by atoms with Gasteiger partial charge in [-0.25, -0.2) is 4.39 Å². The number of hydrogen-bond acceptors (Lipinski definition) is 3. The summed E-state index contributed by atoms with van der Waals surface area (Å²) in [5, 5.41) is 6.39. The molecule has 3 heterocycles. The highest BCUT2D eigenvalue weighted by molar-refractivity contribution is 6.36. The first-order valence-electron chi connectivity index (χ1n) is 12.7. The van der Waals surface area contributed by atoms with Crippen LogP contribution in [-0.4, -0.2) is 48.5 Å². The second kappa shape index (κ2) is 9.44. The van der Waals surface area contributed by atoms with Gasteiger partial charge in [-0.2, -0.15) is 0 Å². The molecule has 1 amide bonds. The van der Waals surface area contributed by atoms with Gasteiger partial charge in [-0.1, -0.05) is 30.3 Å². The second-order valence-electron chi connectivity index (χ2n) is 9.94. The summed E-state index contributed by atoms with van der Waals surface area (Å²) in [4.78, 5) is 19.1. The third kappa shape index (κ3) is 4.44. The number of carbonyl (C=O) groups is 1. The molecule has 3 aromatic rings. The van der Waals surface area contributed by atoms with Gasteiger partial charge in [-0.3, -0.25) is 4.79 Å². The number of aromatic nitrogens is 1. The molecule has 0 spiro atoms. The predicted octanol–water partition coefficient (Wildman–Crippen LogP) is 4.71. The van der Waals surface area contributed by atoms with Gasteiger partial charge in [-0.15, -0.1) is 0 Å². The maximum Gasteiger partial charge on any atom is 0.256 e. The van der Waals surface area contributed by atoms with Gasteiger partial charge >= 0.3 is 0 Å². The lowest BCUT2D eigenvalue weighted by atomic mass is 9.85. The fourth-order valence-electron chi connectivity index (χ4n) is 5.80. The van der Waals surface area contributed by atoms with Crippen LogP contribution in [0, 0.1) is 11.7 Å². The number of nitrogens with zero attached hydrogens (tertiary/aromatic N) is 1. The van der Waals surface area contributed by atoms with Crippen molar-refractivity contribution < 1.29 is 9.18 Å². The van der Waals surface area contributed by atoms with E-state index in [0.717, 1.165) is 61.5 Å². The van der Waals surface area contributed by atoms with Gasteiger partial charge in [0.1, 0.15) is 5.82 Å². The van der Waals surface area contributed by atoms with Crippen LogP contribution in [0.3, 0.4) is 0 Å². The summed E-state index contributed by atoms with van der Waals surface area (Å²) in [5.41, 5.74) is 6.91. The largest absolute Gasteiger partial charge is 0.359 e. The number of anilines is 1. The maximum absolute atomic E-state index is 14.6. The summed E-state index contributed by atoms with van der Waals surface area (Å²) in [7, 11) is 0. The van der Waals surface area contributed by atoms with Gasteiger partial charge in [0.25, 0.3) is 5.91 Å². The van der Waals surface area contributed by atoms with E-state index in [0.29, 0.717) is 17.1 Å². The number of halogens is 1. The van der Waals surface area contributed by atoms with E-state index in [4.69, 9.17) is 0 Å². The van der Waals surface area contributed by atoms with Crippen LogP contribution >= 0.6 is 0 Å². The topological polar surface area (TPSA) is 60.2 Å². The Morgan fingerprint density at radius 3 is 2.74 bits per heavy atom. The summed E-state index contributed by atoms with van der Waals surface area (Å²) >= 11 is 0. The SMILES string of the molecule is O=C1Nc2cccc(-c3ccccc3F)c2/C1=C\c1cc2c([nH]1)CCC(CCN1CCNCC1)C2. The minimum atomic E-state index is -0.290. The number of fused-ring (bicyclic) bond motifs is 2. The highest BCUT2D eigenvalue weighted by atomic mass is 19.1. The predicted molar refractivity (Wildman–Crippen MR) is 139 cm³/mol. The summed E-state index contributed by atoms with van der Waals surface area (Å²) in [5.74, 6) is 0.268. The van der Waals surface area contributed by atoms with Gasteiger partial charge in [0.05, 0.1) is 5.57 Å². The molecule has 5 nitrogen and oxygen atoms in total. The monoisotopic (exact) mass is 470 g/mol. The van der Waals surface area contributed by atoms with Crippen molar-refractivity contribution in [3.8, 4) is 11.1 Å². The van der Waals surface area contributed by atoms with Crippen molar-refractivity contribution >= 4 is 23.2 Å². The van der Waals surface area contributed by atoms with Crippen LogP contribution in [0.5, 0.6) is 0 Å². The van der Waals surface area contributed by atoms with E-state index in [1.54, 1.807) is 12.1 Å². The van der Waals surface area contributed by atoms with Crippen LogP contribution in [0.4, 0.5) is 10.1 Å². The highest BCUT2D eigenvalue weighted by Crippen LogP contribution is 2.41. The number of amides is 1. The van der Waals surface area contributed by atoms with Crippen LogP contribution in [0.2, 0.25) is 0 Å². The fourth-order valence-corrected chi connectivity index (χ4v) is 5.80. The van der Waals surface area contributed by atoms with Crippen molar-refractivity contribution in [2.75, 3.05) is 38.0 Å². The number of nitrogens with one attached hydrogen (secondary N) is 3. The first-order valence-corrected chi connectivity index (χ1v) is 12.7. The van der Waals surface area contributed by atoms with Gasteiger partial charge < -0.3 is 20.5 Å². The highest BCUT2D eigenvalue weighted by Gasteiger charge is 2.29. The third-order valence-electron chi connectivity index (χ3n) is 7.68. The standard InChI is InChI=1S/C29H31FN4O/c30-25-6-2-1-4-22(25)23-5-3-7-27-28(23)24(29(35)33-27)18-21-17-20-16-19(8-9-26(20)32-21)10-13-34-14-11-31-12-15-34/h1-7,17-19,31-32H,8-16H2,(H,33,35)/b24-18+. The lowest BCUT2D eigenvalue weighted by molar-refractivity contribution is -0.110. The van der Waals surface area contributed by atoms with E-state index in [-0.39, 0.29) is 11.7 Å². The van der Waals surface area contributed by atoms with Crippen molar-refractivity contribution in [2.45, 2.75) is 25.7 Å². The van der Waals surface area contributed by atoms with Crippen LogP contribution in [0.1, 0.15) is 35.4 Å². The van der Waals surface area contributed by atoms with E-state index in [9.17, 15) is 9.18 Å². The Morgan fingerprint density at radius 1 is 1.06 bits per heavy atom. The molecule has 1 aliphatic carbocycles. The van der Waals surface area contributed by atoms with Gasteiger partial charge in [0.15, 0.2) is 0 Å². The molecule has 35 heavy (non-hydrogen) atoms. The molecular weight excluding hydrogens is 439 g/mol. The first-order chi connectivity index (χ1) is 17.2. The molecule has 1 fully saturated rings. The van der Waals surface area contributed by atoms with E-state index in [2.05, 4.69) is 26.6 Å². The third-order valence-corrected chi connectivity index (χ3v) is 7.68. The van der Waals surface area contributed by atoms with Crippen molar-refractivity contribution in [1.82, 2.24) is 15.2 Å². The molecule has 3 aliphatic rings.